The molecule has 0 saturated carbocycles. The molecule has 2 fully saturated rings. The topological polar surface area (TPSA) is 109 Å². The van der Waals surface area contributed by atoms with Gasteiger partial charge in [-0.1, -0.05) is 11.2 Å². The summed E-state index contributed by atoms with van der Waals surface area (Å²) in [6.45, 7) is 4.87. The number of hydrogen-bond donors (Lipinski definition) is 1. The maximum Gasteiger partial charge on any atom is 0.325 e. The van der Waals surface area contributed by atoms with Crippen molar-refractivity contribution in [1.82, 2.24) is 25.3 Å². The Morgan fingerprint density at radius 1 is 1.26 bits per heavy atom. The largest absolute Gasteiger partial charge is 0.361 e. The highest BCUT2D eigenvalue weighted by Crippen LogP contribution is 2.41. The molecule has 2 aliphatic rings. The van der Waals surface area contributed by atoms with Gasteiger partial charge in [-0.15, -0.1) is 0 Å². The molecule has 3 aromatic heterocycles. The zero-order chi connectivity index (χ0) is 24.6. The molecule has 9 nitrogen and oxygen atoms in total. The number of carbonyl (C=O) groups is 3. The number of urea groups is 1. The fourth-order valence-electron chi connectivity index (χ4n) is 5.19. The van der Waals surface area contributed by atoms with Crippen LogP contribution < -0.4 is 5.32 Å². The first-order valence-electron chi connectivity index (χ1n) is 11.7. The molecule has 2 aliphatic heterocycles. The number of pyridine rings is 1. The van der Waals surface area contributed by atoms with Crippen LogP contribution in [-0.4, -0.2) is 50.9 Å². The molecule has 5 heterocycles. The predicted molar refractivity (Wildman–Crippen MR) is 128 cm³/mol. The van der Waals surface area contributed by atoms with Crippen LogP contribution in [0.3, 0.4) is 0 Å². The maximum atomic E-state index is 13.9. The second kappa shape index (κ2) is 9.26. The summed E-state index contributed by atoms with van der Waals surface area (Å²) < 4.78 is 5.19. The Kier molecular flexibility index (Phi) is 6.14. The zero-order valence-electron chi connectivity index (χ0n) is 19.7. The number of aryl methyl sites for hydroxylation is 2. The summed E-state index contributed by atoms with van der Waals surface area (Å²) in [4.78, 5) is 47.3. The molecule has 0 radical (unpaired) electrons. The Morgan fingerprint density at radius 2 is 2.06 bits per heavy atom. The lowest BCUT2D eigenvalue weighted by Gasteiger charge is -2.41. The molecule has 3 aromatic rings. The molecule has 0 bridgehead atoms. The standard InChI is InChI=1S/C25H27N5O4S/c1-16-21(17(2)34-28-16)12-22(31)29-9-5-19(6-10-29)25(20-4-3-8-26-13-20)23(32)30(24(33)27-25)14-18-7-11-35-15-18/h3-4,7-8,11,13,15,19H,5-6,9-10,12,14H2,1-2H3,(H,27,33)/t25-/m0/s1. The van der Waals surface area contributed by atoms with Gasteiger partial charge in [-0.25, -0.2) is 4.79 Å². The number of amides is 4. The van der Waals surface area contributed by atoms with E-state index < -0.39 is 11.6 Å². The summed E-state index contributed by atoms with van der Waals surface area (Å²) in [5, 5.41) is 10.8. The molecule has 0 aromatic carbocycles. The molecule has 35 heavy (non-hydrogen) atoms. The Labute approximate surface area is 207 Å². The second-order valence-electron chi connectivity index (χ2n) is 9.14. The number of imide groups is 1. The molecule has 182 valence electrons. The Hall–Kier alpha value is -3.53. The molecular weight excluding hydrogens is 466 g/mol. The molecule has 0 spiro atoms. The zero-order valence-corrected chi connectivity index (χ0v) is 20.5. The van der Waals surface area contributed by atoms with Crippen LogP contribution in [0.5, 0.6) is 0 Å². The van der Waals surface area contributed by atoms with Crippen molar-refractivity contribution < 1.29 is 18.9 Å². The molecule has 0 unspecified atom stereocenters. The number of nitrogens with zero attached hydrogens (tertiary/aromatic N) is 4. The lowest BCUT2D eigenvalue weighted by Crippen LogP contribution is -2.54. The summed E-state index contributed by atoms with van der Waals surface area (Å²) >= 11 is 1.53. The highest BCUT2D eigenvalue weighted by molar-refractivity contribution is 7.07. The highest BCUT2D eigenvalue weighted by atomic mass is 32.1. The number of rotatable bonds is 6. The van der Waals surface area contributed by atoms with E-state index in [0.29, 0.717) is 37.3 Å². The van der Waals surface area contributed by atoms with Crippen molar-refractivity contribution in [2.75, 3.05) is 13.1 Å². The first-order chi connectivity index (χ1) is 16.9. The van der Waals surface area contributed by atoms with Gasteiger partial charge in [0, 0.05) is 36.6 Å². The minimum atomic E-state index is -1.20. The van der Waals surface area contributed by atoms with E-state index in [1.807, 2.05) is 41.6 Å². The minimum absolute atomic E-state index is 0.00847. The summed E-state index contributed by atoms with van der Waals surface area (Å²) in [5.41, 5.74) is 1.95. The van der Waals surface area contributed by atoms with Crippen LogP contribution >= 0.6 is 11.3 Å². The number of thiophene rings is 1. The first-order valence-corrected chi connectivity index (χ1v) is 12.6. The van der Waals surface area contributed by atoms with Gasteiger partial charge >= 0.3 is 6.03 Å². The van der Waals surface area contributed by atoms with Crippen LogP contribution in [0.4, 0.5) is 4.79 Å². The molecule has 2 saturated heterocycles. The van der Waals surface area contributed by atoms with E-state index in [9.17, 15) is 14.4 Å². The Morgan fingerprint density at radius 3 is 2.69 bits per heavy atom. The van der Waals surface area contributed by atoms with Gasteiger partial charge in [-0.3, -0.25) is 19.5 Å². The van der Waals surface area contributed by atoms with Gasteiger partial charge in [0.25, 0.3) is 5.91 Å². The van der Waals surface area contributed by atoms with Crippen LogP contribution in [0.25, 0.3) is 0 Å². The van der Waals surface area contributed by atoms with Gasteiger partial charge in [0.2, 0.25) is 5.91 Å². The molecule has 4 amide bonds. The van der Waals surface area contributed by atoms with Crippen molar-refractivity contribution in [3.8, 4) is 0 Å². The SMILES string of the molecule is Cc1noc(C)c1CC(=O)N1CCC([C@@]2(c3cccnc3)NC(=O)N(Cc3ccsc3)C2=O)CC1. The second-order valence-corrected chi connectivity index (χ2v) is 9.92. The van der Waals surface area contributed by atoms with E-state index >= 15 is 0 Å². The first kappa shape index (κ1) is 23.2. The van der Waals surface area contributed by atoms with E-state index in [4.69, 9.17) is 4.52 Å². The van der Waals surface area contributed by atoms with E-state index in [1.165, 1.54) is 16.2 Å². The summed E-state index contributed by atoms with van der Waals surface area (Å²) in [7, 11) is 0. The molecule has 1 atom stereocenters. The highest BCUT2D eigenvalue weighted by Gasteiger charge is 2.57. The summed E-state index contributed by atoms with van der Waals surface area (Å²) in [6.07, 6.45) is 4.71. The Bertz CT molecular complexity index is 1210. The van der Waals surface area contributed by atoms with Crippen molar-refractivity contribution >= 4 is 29.2 Å². The molecular formula is C25H27N5O4S. The van der Waals surface area contributed by atoms with Crippen LogP contribution in [0.2, 0.25) is 0 Å². The minimum Gasteiger partial charge on any atom is -0.361 e. The van der Waals surface area contributed by atoms with Crippen molar-refractivity contribution in [2.45, 2.75) is 45.2 Å². The van der Waals surface area contributed by atoms with Crippen molar-refractivity contribution in [3.63, 3.8) is 0 Å². The summed E-state index contributed by atoms with van der Waals surface area (Å²) in [6, 6.07) is 5.13. The van der Waals surface area contributed by atoms with Crippen molar-refractivity contribution in [3.05, 3.63) is 69.5 Å². The van der Waals surface area contributed by atoms with Crippen LogP contribution in [0, 0.1) is 19.8 Å². The average Bonchev–Trinajstić information content (AvgIpc) is 3.57. The van der Waals surface area contributed by atoms with Gasteiger partial charge in [0.15, 0.2) is 5.54 Å². The lowest BCUT2D eigenvalue weighted by atomic mass is 9.73. The summed E-state index contributed by atoms with van der Waals surface area (Å²) in [5.74, 6) is 0.237. The monoisotopic (exact) mass is 493 g/mol. The number of hydrogen-bond acceptors (Lipinski definition) is 7. The number of aromatic nitrogens is 2. The van der Waals surface area contributed by atoms with Crippen LogP contribution in [-0.2, 0) is 28.1 Å². The average molecular weight is 494 g/mol. The number of carbonyl (C=O) groups excluding carboxylic acids is 3. The third-order valence-corrected chi connectivity index (χ3v) is 7.87. The predicted octanol–water partition coefficient (Wildman–Crippen LogP) is 3.18. The van der Waals surface area contributed by atoms with E-state index in [2.05, 4.69) is 15.5 Å². The number of likely N-dealkylation sites (tertiary alicyclic amines) is 1. The third kappa shape index (κ3) is 4.12. The van der Waals surface area contributed by atoms with Crippen molar-refractivity contribution in [1.29, 1.82) is 0 Å². The normalized spacial score (nSPS) is 21.0. The fraction of sp³-hybridized carbons (Fsp3) is 0.400. The number of piperidine rings is 1. The van der Waals surface area contributed by atoms with Crippen LogP contribution in [0.1, 0.15) is 41.0 Å². The molecule has 1 N–H and O–H groups in total. The number of nitrogens with one attached hydrogen (secondary N) is 1. The van der Waals surface area contributed by atoms with Gasteiger partial charge < -0.3 is 14.7 Å². The molecule has 5 rings (SSSR count). The van der Waals surface area contributed by atoms with Gasteiger partial charge in [-0.05, 0) is 61.1 Å². The maximum absolute atomic E-state index is 13.9. The lowest BCUT2D eigenvalue weighted by molar-refractivity contribution is -0.136. The molecule has 0 aliphatic carbocycles. The van der Waals surface area contributed by atoms with Gasteiger partial charge in [-0.2, -0.15) is 11.3 Å². The van der Waals surface area contributed by atoms with E-state index in [1.54, 1.807) is 18.5 Å². The fourth-order valence-corrected chi connectivity index (χ4v) is 5.85. The smallest absolute Gasteiger partial charge is 0.325 e. The van der Waals surface area contributed by atoms with Gasteiger partial charge in [0.05, 0.1) is 18.7 Å². The van der Waals surface area contributed by atoms with Crippen LogP contribution in [0.15, 0.2) is 45.9 Å². The molecule has 10 heteroatoms. The Balaban J connectivity index is 1.36. The van der Waals surface area contributed by atoms with E-state index in [0.717, 1.165) is 16.8 Å². The quantitative estimate of drug-likeness (QED) is 0.529. The van der Waals surface area contributed by atoms with E-state index in [-0.39, 0.29) is 30.7 Å². The van der Waals surface area contributed by atoms with Gasteiger partial charge in [0.1, 0.15) is 5.76 Å². The van der Waals surface area contributed by atoms with Crippen molar-refractivity contribution in [2.24, 2.45) is 5.92 Å². The third-order valence-electron chi connectivity index (χ3n) is 7.14.